The van der Waals surface area contributed by atoms with Crippen LogP contribution in [0.4, 0.5) is 11.5 Å². The molecule has 19 heavy (non-hydrogen) atoms. The third-order valence-electron chi connectivity index (χ3n) is 3.26. The molecule has 0 saturated carbocycles. The van der Waals surface area contributed by atoms with E-state index in [0.29, 0.717) is 37.8 Å². The normalized spacial score (nSPS) is 19.7. The molecule has 0 radical (unpaired) electrons. The largest absolute Gasteiger partial charge is 0.394 e. The molecule has 1 N–H and O–H groups in total. The van der Waals surface area contributed by atoms with Crippen LogP contribution in [-0.4, -0.2) is 52.2 Å². The third-order valence-corrected chi connectivity index (χ3v) is 3.26. The molecule has 0 aromatic carbocycles. The lowest BCUT2D eigenvalue weighted by Gasteiger charge is -2.35. The van der Waals surface area contributed by atoms with Crippen LogP contribution in [0, 0.1) is 17.0 Å². The van der Waals surface area contributed by atoms with E-state index in [4.69, 9.17) is 4.74 Å². The molecule has 1 aromatic heterocycles. The van der Waals surface area contributed by atoms with Crippen molar-refractivity contribution < 1.29 is 14.8 Å². The zero-order valence-corrected chi connectivity index (χ0v) is 11.1. The second-order valence-corrected chi connectivity index (χ2v) is 4.44. The lowest BCUT2D eigenvalue weighted by Crippen LogP contribution is -2.48. The molecule has 1 fully saturated rings. The third kappa shape index (κ3) is 2.41. The predicted molar refractivity (Wildman–Crippen MR) is 68.3 cm³/mol. The van der Waals surface area contributed by atoms with Gasteiger partial charge in [-0.15, -0.1) is 0 Å². The van der Waals surface area contributed by atoms with Crippen molar-refractivity contribution in [3.63, 3.8) is 0 Å². The second-order valence-electron chi connectivity index (χ2n) is 4.44. The van der Waals surface area contributed by atoms with Crippen LogP contribution < -0.4 is 4.90 Å². The summed E-state index contributed by atoms with van der Waals surface area (Å²) in [5, 5.41) is 24.8. The van der Waals surface area contributed by atoms with Crippen LogP contribution in [-0.2, 0) is 11.3 Å². The lowest BCUT2D eigenvalue weighted by atomic mass is 10.2. The van der Waals surface area contributed by atoms with E-state index in [0.717, 1.165) is 0 Å². The summed E-state index contributed by atoms with van der Waals surface area (Å²) in [6.07, 6.45) is 0. The summed E-state index contributed by atoms with van der Waals surface area (Å²) in [7, 11) is 0. The SMILES string of the molecule is CCn1nc(C)c([N+](=O)[O-])c1N1CCOCC1CO. The topological polar surface area (TPSA) is 93.7 Å². The van der Waals surface area contributed by atoms with Crippen molar-refractivity contribution in [1.29, 1.82) is 0 Å². The Labute approximate surface area is 110 Å². The number of hydrogen-bond donors (Lipinski definition) is 1. The zero-order chi connectivity index (χ0) is 14.0. The van der Waals surface area contributed by atoms with Crippen LogP contribution in [0.2, 0.25) is 0 Å². The Kier molecular flexibility index (Phi) is 4.01. The van der Waals surface area contributed by atoms with Gasteiger partial charge in [-0.3, -0.25) is 10.1 Å². The summed E-state index contributed by atoms with van der Waals surface area (Å²) in [6, 6.07) is -0.270. The maximum Gasteiger partial charge on any atom is 0.333 e. The number of aromatic nitrogens is 2. The van der Waals surface area contributed by atoms with Gasteiger partial charge in [-0.25, -0.2) is 4.68 Å². The Bertz CT molecular complexity index is 474. The average molecular weight is 270 g/mol. The molecular weight excluding hydrogens is 252 g/mol. The molecule has 1 aliphatic heterocycles. The highest BCUT2D eigenvalue weighted by atomic mass is 16.6. The number of hydrogen-bond acceptors (Lipinski definition) is 6. The highest BCUT2D eigenvalue weighted by Gasteiger charge is 2.34. The minimum Gasteiger partial charge on any atom is -0.394 e. The van der Waals surface area contributed by atoms with Crippen LogP contribution in [0.5, 0.6) is 0 Å². The second kappa shape index (κ2) is 5.54. The highest BCUT2D eigenvalue weighted by Crippen LogP contribution is 2.33. The fourth-order valence-corrected chi connectivity index (χ4v) is 2.36. The summed E-state index contributed by atoms with van der Waals surface area (Å²) >= 11 is 0. The Morgan fingerprint density at radius 3 is 2.95 bits per heavy atom. The van der Waals surface area contributed by atoms with E-state index < -0.39 is 4.92 Å². The molecule has 2 rings (SSSR count). The first kappa shape index (κ1) is 13.8. The summed E-state index contributed by atoms with van der Waals surface area (Å²) in [5.41, 5.74) is 0.409. The monoisotopic (exact) mass is 270 g/mol. The molecule has 106 valence electrons. The van der Waals surface area contributed by atoms with E-state index in [-0.39, 0.29) is 18.3 Å². The fraction of sp³-hybridized carbons (Fsp3) is 0.727. The molecule has 1 aromatic rings. The number of morpholine rings is 1. The first-order valence-corrected chi connectivity index (χ1v) is 6.27. The van der Waals surface area contributed by atoms with E-state index >= 15 is 0 Å². The average Bonchev–Trinajstić information content (AvgIpc) is 2.75. The first-order valence-electron chi connectivity index (χ1n) is 6.27. The van der Waals surface area contributed by atoms with Crippen molar-refractivity contribution >= 4 is 11.5 Å². The van der Waals surface area contributed by atoms with Gasteiger partial charge in [0.05, 0.1) is 30.8 Å². The Balaban J connectivity index is 2.49. The van der Waals surface area contributed by atoms with Gasteiger partial charge in [0.1, 0.15) is 5.69 Å². The van der Waals surface area contributed by atoms with Crippen molar-refractivity contribution in [1.82, 2.24) is 9.78 Å². The first-order chi connectivity index (χ1) is 9.10. The van der Waals surface area contributed by atoms with Gasteiger partial charge in [-0.1, -0.05) is 0 Å². The molecule has 1 saturated heterocycles. The number of ether oxygens (including phenoxy) is 1. The van der Waals surface area contributed by atoms with Crippen LogP contribution in [0.1, 0.15) is 12.6 Å². The lowest BCUT2D eigenvalue weighted by molar-refractivity contribution is -0.384. The van der Waals surface area contributed by atoms with Gasteiger partial charge in [0.15, 0.2) is 0 Å². The Morgan fingerprint density at radius 2 is 2.37 bits per heavy atom. The summed E-state index contributed by atoms with van der Waals surface area (Å²) in [4.78, 5) is 12.7. The molecule has 8 heteroatoms. The zero-order valence-electron chi connectivity index (χ0n) is 11.1. The van der Waals surface area contributed by atoms with E-state index in [9.17, 15) is 15.2 Å². The highest BCUT2D eigenvalue weighted by molar-refractivity contribution is 5.62. The standard InChI is InChI=1S/C11H18N4O4/c1-3-14-11(10(15(17)18)8(2)12-14)13-4-5-19-7-9(13)6-16/h9,16H,3-7H2,1-2H3. The molecule has 8 nitrogen and oxygen atoms in total. The van der Waals surface area contributed by atoms with Gasteiger partial charge in [-0.2, -0.15) is 5.10 Å². The number of aliphatic hydroxyl groups excluding tert-OH is 1. The van der Waals surface area contributed by atoms with Gasteiger partial charge < -0.3 is 14.7 Å². The van der Waals surface area contributed by atoms with Crippen molar-refractivity contribution in [2.24, 2.45) is 0 Å². The number of rotatable bonds is 4. The number of anilines is 1. The number of nitrogens with zero attached hydrogens (tertiary/aromatic N) is 4. The van der Waals surface area contributed by atoms with E-state index in [1.165, 1.54) is 0 Å². The summed E-state index contributed by atoms with van der Waals surface area (Å²) in [5.74, 6) is 0.465. The molecule has 0 bridgehead atoms. The smallest absolute Gasteiger partial charge is 0.333 e. The summed E-state index contributed by atoms with van der Waals surface area (Å²) < 4.78 is 6.92. The van der Waals surface area contributed by atoms with Crippen molar-refractivity contribution in [2.45, 2.75) is 26.4 Å². The molecule has 1 atom stereocenters. The Hall–Kier alpha value is -1.67. The minimum absolute atomic E-state index is 0.0159. The predicted octanol–water partition coefficient (Wildman–Crippen LogP) is 0.317. The van der Waals surface area contributed by atoms with E-state index in [2.05, 4.69) is 5.10 Å². The van der Waals surface area contributed by atoms with Gasteiger partial charge in [0.2, 0.25) is 5.82 Å². The fourth-order valence-electron chi connectivity index (χ4n) is 2.36. The van der Waals surface area contributed by atoms with Gasteiger partial charge in [-0.05, 0) is 13.8 Å². The van der Waals surface area contributed by atoms with Crippen LogP contribution in [0.3, 0.4) is 0 Å². The summed E-state index contributed by atoms with van der Waals surface area (Å²) in [6.45, 7) is 5.31. The van der Waals surface area contributed by atoms with Crippen LogP contribution in [0.25, 0.3) is 0 Å². The van der Waals surface area contributed by atoms with Gasteiger partial charge in [0.25, 0.3) is 0 Å². The molecule has 1 unspecified atom stereocenters. The molecule has 0 spiro atoms. The molecule has 2 heterocycles. The van der Waals surface area contributed by atoms with Gasteiger partial charge >= 0.3 is 5.69 Å². The molecule has 0 aliphatic carbocycles. The van der Waals surface area contributed by atoms with Gasteiger partial charge in [0, 0.05) is 13.1 Å². The molecular formula is C11H18N4O4. The number of aryl methyl sites for hydroxylation is 2. The van der Waals surface area contributed by atoms with Crippen LogP contribution >= 0.6 is 0 Å². The maximum absolute atomic E-state index is 11.2. The minimum atomic E-state index is -0.409. The number of nitro groups is 1. The van der Waals surface area contributed by atoms with E-state index in [1.54, 1.807) is 11.6 Å². The maximum atomic E-state index is 11.2. The Morgan fingerprint density at radius 1 is 1.63 bits per heavy atom. The van der Waals surface area contributed by atoms with Crippen molar-refractivity contribution in [3.8, 4) is 0 Å². The molecule has 1 aliphatic rings. The number of aliphatic hydroxyl groups is 1. The van der Waals surface area contributed by atoms with Crippen molar-refractivity contribution in [3.05, 3.63) is 15.8 Å². The van der Waals surface area contributed by atoms with E-state index in [1.807, 2.05) is 11.8 Å². The van der Waals surface area contributed by atoms with Crippen molar-refractivity contribution in [2.75, 3.05) is 31.3 Å². The van der Waals surface area contributed by atoms with Crippen LogP contribution in [0.15, 0.2) is 0 Å². The quantitative estimate of drug-likeness (QED) is 0.625. The molecule has 0 amide bonds.